The molecule has 5 rings (SSSR count). The zero-order chi connectivity index (χ0) is 22.9. The summed E-state index contributed by atoms with van der Waals surface area (Å²) in [6.45, 7) is 4.21. The van der Waals surface area contributed by atoms with Gasteiger partial charge in [0.15, 0.2) is 0 Å². The highest BCUT2D eigenvalue weighted by atomic mass is 32.1. The van der Waals surface area contributed by atoms with Crippen LogP contribution < -0.4 is 10.9 Å². The molecule has 4 aromatic heterocycles. The topological polar surface area (TPSA) is 87.7 Å². The average molecular weight is 493 g/mol. The molecular formula is C24H20N4O2S3. The van der Waals surface area contributed by atoms with Crippen LogP contribution in [-0.4, -0.2) is 20.9 Å². The number of thiophene rings is 2. The molecule has 0 saturated carbocycles. The van der Waals surface area contributed by atoms with Crippen molar-refractivity contribution in [3.05, 3.63) is 89.9 Å². The fourth-order valence-corrected chi connectivity index (χ4v) is 6.33. The lowest BCUT2D eigenvalue weighted by Crippen LogP contribution is -2.22. The summed E-state index contributed by atoms with van der Waals surface area (Å²) in [6.07, 6.45) is 0.531. The van der Waals surface area contributed by atoms with Crippen LogP contribution >= 0.6 is 34.0 Å². The van der Waals surface area contributed by atoms with Crippen LogP contribution in [0.4, 0.5) is 0 Å². The van der Waals surface area contributed by atoms with Crippen molar-refractivity contribution in [2.45, 2.75) is 26.8 Å². The van der Waals surface area contributed by atoms with Crippen molar-refractivity contribution < 1.29 is 4.79 Å². The highest BCUT2D eigenvalue weighted by Crippen LogP contribution is 2.30. The van der Waals surface area contributed by atoms with Gasteiger partial charge in [-0.1, -0.05) is 30.3 Å². The molecule has 2 N–H and O–H groups in total. The smallest absolute Gasteiger partial charge is 0.262 e. The third-order valence-corrected chi connectivity index (χ3v) is 8.29. The number of H-pyrrole nitrogens is 1. The number of rotatable bonds is 6. The van der Waals surface area contributed by atoms with Gasteiger partial charge in [0, 0.05) is 16.7 Å². The molecule has 0 unspecified atom stereocenters. The first-order chi connectivity index (χ1) is 16.0. The highest BCUT2D eigenvalue weighted by molar-refractivity contribution is 7.20. The molecule has 0 bridgehead atoms. The van der Waals surface area contributed by atoms with E-state index in [1.54, 1.807) is 29.6 Å². The fraction of sp³-hybridized carbons (Fsp3) is 0.167. The number of carbonyl (C=O) groups excluding carboxylic acids is 1. The Kier molecular flexibility index (Phi) is 5.92. The third-order valence-electron chi connectivity index (χ3n) is 5.23. The average Bonchev–Trinajstić information content (AvgIpc) is 3.52. The maximum Gasteiger partial charge on any atom is 0.262 e. The van der Waals surface area contributed by atoms with Crippen LogP contribution in [0, 0.1) is 13.8 Å². The minimum absolute atomic E-state index is 0.195. The molecule has 0 aliphatic heterocycles. The molecule has 0 radical (unpaired) electrons. The molecule has 6 nitrogen and oxygen atoms in total. The van der Waals surface area contributed by atoms with Gasteiger partial charge < -0.3 is 10.3 Å². The summed E-state index contributed by atoms with van der Waals surface area (Å²) in [7, 11) is 0. The lowest BCUT2D eigenvalue weighted by atomic mass is 10.1. The summed E-state index contributed by atoms with van der Waals surface area (Å²) in [5.41, 5.74) is 2.49. The van der Waals surface area contributed by atoms with Crippen molar-refractivity contribution in [2.24, 2.45) is 0 Å². The Labute approximate surface area is 202 Å². The molecule has 1 amide bonds. The lowest BCUT2D eigenvalue weighted by Gasteiger charge is -2.02. The normalized spacial score (nSPS) is 11.2. The number of amides is 1. The zero-order valence-corrected chi connectivity index (χ0v) is 20.4. The number of carbonyl (C=O) groups is 1. The molecule has 4 heterocycles. The van der Waals surface area contributed by atoms with Gasteiger partial charge in [0.2, 0.25) is 0 Å². The quantitative estimate of drug-likeness (QED) is 0.336. The van der Waals surface area contributed by atoms with Gasteiger partial charge in [-0.25, -0.2) is 9.97 Å². The van der Waals surface area contributed by atoms with E-state index in [1.165, 1.54) is 11.3 Å². The second kappa shape index (κ2) is 9.01. The standard InChI is InChI=1S/C24H20N4O2S3/c1-13-20-22(29)27-19(10-15-6-4-3-5-7-15)28-24(20)33-21(13)23(30)25-11-16-8-9-18(32-16)17-12-31-14(2)26-17/h3-9,12H,10-11H2,1-2H3,(H,25,30)(H,27,28,29). The first-order valence-corrected chi connectivity index (χ1v) is 12.8. The van der Waals surface area contributed by atoms with Crippen LogP contribution in [-0.2, 0) is 13.0 Å². The summed E-state index contributed by atoms with van der Waals surface area (Å²) in [4.78, 5) is 40.9. The first-order valence-electron chi connectivity index (χ1n) is 10.3. The number of benzene rings is 1. The molecule has 9 heteroatoms. The predicted molar refractivity (Wildman–Crippen MR) is 136 cm³/mol. The number of aryl methyl sites for hydroxylation is 2. The molecule has 5 aromatic rings. The van der Waals surface area contributed by atoms with Gasteiger partial charge in [0.25, 0.3) is 11.5 Å². The second-order valence-electron chi connectivity index (χ2n) is 7.61. The maximum atomic E-state index is 12.9. The van der Waals surface area contributed by atoms with E-state index in [0.29, 0.717) is 39.4 Å². The van der Waals surface area contributed by atoms with E-state index in [2.05, 4.69) is 20.3 Å². The number of nitrogens with zero attached hydrogens (tertiary/aromatic N) is 2. The van der Waals surface area contributed by atoms with Gasteiger partial charge in [-0.2, -0.15) is 0 Å². The fourth-order valence-electron chi connectivity index (χ4n) is 3.61. The summed E-state index contributed by atoms with van der Waals surface area (Å²) < 4.78 is 0. The summed E-state index contributed by atoms with van der Waals surface area (Å²) >= 11 is 4.50. The van der Waals surface area contributed by atoms with Crippen LogP contribution in [0.3, 0.4) is 0 Å². The molecule has 0 fully saturated rings. The summed E-state index contributed by atoms with van der Waals surface area (Å²) in [5.74, 6) is 0.397. The van der Waals surface area contributed by atoms with Crippen molar-refractivity contribution >= 4 is 50.1 Å². The van der Waals surface area contributed by atoms with E-state index in [1.807, 2.05) is 54.8 Å². The van der Waals surface area contributed by atoms with Crippen LogP contribution in [0.5, 0.6) is 0 Å². The SMILES string of the molecule is Cc1nc(-c2ccc(CNC(=O)c3sc4nc(Cc5ccccc5)[nH]c(=O)c4c3C)s2)cs1. The minimum Gasteiger partial charge on any atom is -0.346 e. The molecule has 0 spiro atoms. The van der Waals surface area contributed by atoms with Gasteiger partial charge in [-0.3, -0.25) is 9.59 Å². The number of aromatic nitrogens is 3. The Hall–Kier alpha value is -3.14. The molecular weight excluding hydrogens is 472 g/mol. The first kappa shape index (κ1) is 21.7. The van der Waals surface area contributed by atoms with Crippen molar-refractivity contribution in [2.75, 3.05) is 0 Å². The van der Waals surface area contributed by atoms with E-state index in [-0.39, 0.29) is 11.5 Å². The van der Waals surface area contributed by atoms with Gasteiger partial charge in [-0.05, 0) is 37.1 Å². The number of hydrogen-bond acceptors (Lipinski definition) is 7. The van der Waals surface area contributed by atoms with Gasteiger partial charge in [0.05, 0.1) is 32.4 Å². The maximum absolute atomic E-state index is 12.9. The van der Waals surface area contributed by atoms with Crippen LogP contribution in [0.1, 0.15) is 36.5 Å². The minimum atomic E-state index is -0.208. The monoisotopic (exact) mass is 492 g/mol. The molecule has 0 saturated heterocycles. The number of fused-ring (bicyclic) bond motifs is 1. The van der Waals surface area contributed by atoms with Crippen molar-refractivity contribution in [3.63, 3.8) is 0 Å². The molecule has 33 heavy (non-hydrogen) atoms. The Morgan fingerprint density at radius 3 is 2.64 bits per heavy atom. The van der Waals surface area contributed by atoms with Gasteiger partial charge in [-0.15, -0.1) is 34.0 Å². The number of hydrogen-bond donors (Lipinski definition) is 2. The Balaban J connectivity index is 1.34. The predicted octanol–water partition coefficient (Wildman–Crippen LogP) is 5.31. The van der Waals surface area contributed by atoms with Crippen molar-refractivity contribution in [1.29, 1.82) is 0 Å². The highest BCUT2D eigenvalue weighted by Gasteiger charge is 2.19. The van der Waals surface area contributed by atoms with Crippen LogP contribution in [0.25, 0.3) is 20.8 Å². The van der Waals surface area contributed by atoms with Crippen molar-refractivity contribution in [3.8, 4) is 10.6 Å². The lowest BCUT2D eigenvalue weighted by molar-refractivity contribution is 0.0955. The molecule has 0 atom stereocenters. The van der Waals surface area contributed by atoms with E-state index < -0.39 is 0 Å². The van der Waals surface area contributed by atoms with Crippen LogP contribution in [0.15, 0.2) is 52.6 Å². The molecule has 1 aromatic carbocycles. The Morgan fingerprint density at radius 2 is 1.88 bits per heavy atom. The number of thiazole rings is 1. The van der Waals surface area contributed by atoms with Crippen LogP contribution in [0.2, 0.25) is 0 Å². The second-order valence-corrected chi connectivity index (χ2v) is 10.8. The van der Waals surface area contributed by atoms with Gasteiger partial charge in [0.1, 0.15) is 10.7 Å². The number of nitrogens with one attached hydrogen (secondary N) is 2. The summed E-state index contributed by atoms with van der Waals surface area (Å²) in [6, 6.07) is 13.9. The van der Waals surface area contributed by atoms with E-state index in [4.69, 9.17) is 0 Å². The molecule has 0 aliphatic rings. The van der Waals surface area contributed by atoms with E-state index in [0.717, 1.165) is 26.0 Å². The Morgan fingerprint density at radius 1 is 1.06 bits per heavy atom. The third kappa shape index (κ3) is 4.52. The summed E-state index contributed by atoms with van der Waals surface area (Å²) in [5, 5.41) is 6.54. The molecule has 0 aliphatic carbocycles. The largest absolute Gasteiger partial charge is 0.346 e. The van der Waals surface area contributed by atoms with E-state index >= 15 is 0 Å². The van der Waals surface area contributed by atoms with E-state index in [9.17, 15) is 9.59 Å². The number of aromatic amines is 1. The van der Waals surface area contributed by atoms with Gasteiger partial charge >= 0.3 is 0 Å². The van der Waals surface area contributed by atoms with Crippen molar-refractivity contribution in [1.82, 2.24) is 20.3 Å². The molecule has 166 valence electrons. The Bertz CT molecular complexity index is 1510. The zero-order valence-electron chi connectivity index (χ0n) is 18.0.